The molecule has 0 aliphatic rings. The van der Waals surface area contributed by atoms with Crippen LogP contribution in [0.25, 0.3) is 0 Å². The summed E-state index contributed by atoms with van der Waals surface area (Å²) in [5.74, 6) is 1.39. The molecule has 15 heavy (non-hydrogen) atoms. The molecule has 3 heteroatoms. The van der Waals surface area contributed by atoms with Gasteiger partial charge in [0.2, 0.25) is 0 Å². The van der Waals surface area contributed by atoms with E-state index in [1.807, 2.05) is 38.1 Å². The predicted molar refractivity (Wildman–Crippen MR) is 59.4 cm³/mol. The zero-order valence-corrected chi connectivity index (χ0v) is 9.43. The molecule has 84 valence electrons. The van der Waals surface area contributed by atoms with Crippen molar-refractivity contribution in [2.45, 2.75) is 33.0 Å². The van der Waals surface area contributed by atoms with Crippen LogP contribution < -0.4 is 9.47 Å². The maximum Gasteiger partial charge on any atom is 0.161 e. The van der Waals surface area contributed by atoms with Gasteiger partial charge in [-0.25, -0.2) is 0 Å². The molecular weight excluding hydrogens is 192 g/mol. The van der Waals surface area contributed by atoms with Crippen LogP contribution in [0.3, 0.4) is 0 Å². The fourth-order valence-electron chi connectivity index (χ4n) is 1.12. The lowest BCUT2D eigenvalue weighted by Crippen LogP contribution is -2.25. The Balaban J connectivity index is 2.74. The standard InChI is InChI=1S/C12H18O3/c1-4-14-11-7-5-6-8-12(11)15-10(3)9(2)13/h5-10,13H,4H2,1-3H3/t9-,10?/m1/s1. The molecule has 1 unspecified atom stereocenters. The summed E-state index contributed by atoms with van der Waals surface area (Å²) in [7, 11) is 0. The summed E-state index contributed by atoms with van der Waals surface area (Å²) in [5, 5.41) is 9.34. The van der Waals surface area contributed by atoms with Crippen molar-refractivity contribution in [3.63, 3.8) is 0 Å². The van der Waals surface area contributed by atoms with Gasteiger partial charge >= 0.3 is 0 Å². The highest BCUT2D eigenvalue weighted by Gasteiger charge is 2.12. The fourth-order valence-corrected chi connectivity index (χ4v) is 1.12. The van der Waals surface area contributed by atoms with Gasteiger partial charge in [-0.1, -0.05) is 12.1 Å². The molecular formula is C12H18O3. The summed E-state index contributed by atoms with van der Waals surface area (Å²) in [6, 6.07) is 7.47. The first-order chi connectivity index (χ1) is 7.15. The van der Waals surface area contributed by atoms with Crippen molar-refractivity contribution < 1.29 is 14.6 Å². The molecule has 0 aliphatic carbocycles. The highest BCUT2D eigenvalue weighted by molar-refractivity contribution is 5.39. The fraction of sp³-hybridized carbons (Fsp3) is 0.500. The number of aliphatic hydroxyl groups excluding tert-OH is 1. The second-order valence-electron chi connectivity index (χ2n) is 3.44. The number of ether oxygens (including phenoxy) is 2. The number of hydrogen-bond acceptors (Lipinski definition) is 3. The van der Waals surface area contributed by atoms with Gasteiger partial charge in [0.05, 0.1) is 12.7 Å². The Morgan fingerprint density at radius 1 is 1.20 bits per heavy atom. The van der Waals surface area contributed by atoms with Gasteiger partial charge in [-0.15, -0.1) is 0 Å². The lowest BCUT2D eigenvalue weighted by Gasteiger charge is -2.19. The molecule has 2 atom stereocenters. The quantitative estimate of drug-likeness (QED) is 0.810. The van der Waals surface area contributed by atoms with E-state index in [1.54, 1.807) is 6.92 Å². The molecule has 1 N–H and O–H groups in total. The highest BCUT2D eigenvalue weighted by atomic mass is 16.5. The van der Waals surface area contributed by atoms with Crippen LogP contribution in [0.15, 0.2) is 24.3 Å². The number of para-hydroxylation sites is 2. The Labute approximate surface area is 90.6 Å². The number of benzene rings is 1. The molecule has 0 amide bonds. The molecule has 0 aromatic heterocycles. The van der Waals surface area contributed by atoms with E-state index in [9.17, 15) is 5.11 Å². The smallest absolute Gasteiger partial charge is 0.161 e. The van der Waals surface area contributed by atoms with Gasteiger partial charge < -0.3 is 14.6 Å². The SMILES string of the molecule is CCOc1ccccc1OC(C)[C@@H](C)O. The van der Waals surface area contributed by atoms with E-state index in [1.165, 1.54) is 0 Å². The monoisotopic (exact) mass is 210 g/mol. The van der Waals surface area contributed by atoms with E-state index in [0.717, 1.165) is 0 Å². The Morgan fingerprint density at radius 2 is 1.80 bits per heavy atom. The summed E-state index contributed by atoms with van der Waals surface area (Å²) < 4.78 is 11.0. The van der Waals surface area contributed by atoms with Crippen LogP contribution in [0, 0.1) is 0 Å². The van der Waals surface area contributed by atoms with Crippen LogP contribution in [0.5, 0.6) is 11.5 Å². The van der Waals surface area contributed by atoms with Crippen molar-refractivity contribution in [2.24, 2.45) is 0 Å². The summed E-state index contributed by atoms with van der Waals surface area (Å²) >= 11 is 0. The van der Waals surface area contributed by atoms with Crippen LogP contribution in [-0.2, 0) is 0 Å². The first-order valence-corrected chi connectivity index (χ1v) is 5.21. The number of aliphatic hydroxyl groups is 1. The first-order valence-electron chi connectivity index (χ1n) is 5.21. The Bertz CT molecular complexity index is 297. The van der Waals surface area contributed by atoms with Crippen LogP contribution in [0.2, 0.25) is 0 Å². The lowest BCUT2D eigenvalue weighted by atomic mass is 10.2. The topological polar surface area (TPSA) is 38.7 Å². The second-order valence-corrected chi connectivity index (χ2v) is 3.44. The van der Waals surface area contributed by atoms with Crippen LogP contribution >= 0.6 is 0 Å². The van der Waals surface area contributed by atoms with E-state index in [4.69, 9.17) is 9.47 Å². The van der Waals surface area contributed by atoms with Crippen molar-refractivity contribution in [1.29, 1.82) is 0 Å². The van der Waals surface area contributed by atoms with Gasteiger partial charge in [0.15, 0.2) is 11.5 Å². The van der Waals surface area contributed by atoms with Gasteiger partial charge in [0.1, 0.15) is 6.10 Å². The molecule has 0 spiro atoms. The molecule has 1 aromatic carbocycles. The third-order valence-corrected chi connectivity index (χ3v) is 2.14. The first kappa shape index (κ1) is 11.9. The van der Waals surface area contributed by atoms with E-state index < -0.39 is 6.10 Å². The van der Waals surface area contributed by atoms with Crippen molar-refractivity contribution in [3.05, 3.63) is 24.3 Å². The highest BCUT2D eigenvalue weighted by Crippen LogP contribution is 2.27. The Morgan fingerprint density at radius 3 is 2.33 bits per heavy atom. The average molecular weight is 210 g/mol. The van der Waals surface area contributed by atoms with Crippen molar-refractivity contribution in [2.75, 3.05) is 6.61 Å². The minimum atomic E-state index is -0.500. The summed E-state index contributed by atoms with van der Waals surface area (Å²) in [4.78, 5) is 0. The molecule has 0 bridgehead atoms. The van der Waals surface area contributed by atoms with E-state index in [0.29, 0.717) is 18.1 Å². The molecule has 1 rings (SSSR count). The molecule has 0 heterocycles. The Hall–Kier alpha value is -1.22. The summed E-state index contributed by atoms with van der Waals surface area (Å²) in [6.45, 7) is 6.06. The minimum absolute atomic E-state index is 0.244. The van der Waals surface area contributed by atoms with Crippen LogP contribution in [-0.4, -0.2) is 23.9 Å². The Kier molecular flexibility index (Phi) is 4.43. The maximum absolute atomic E-state index is 9.34. The van der Waals surface area contributed by atoms with E-state index in [-0.39, 0.29) is 6.10 Å². The summed E-state index contributed by atoms with van der Waals surface area (Å²) in [5.41, 5.74) is 0. The average Bonchev–Trinajstić information content (AvgIpc) is 2.21. The van der Waals surface area contributed by atoms with E-state index in [2.05, 4.69) is 0 Å². The molecule has 3 nitrogen and oxygen atoms in total. The van der Waals surface area contributed by atoms with Gasteiger partial charge in [-0.3, -0.25) is 0 Å². The third kappa shape index (κ3) is 3.44. The predicted octanol–water partition coefficient (Wildman–Crippen LogP) is 2.23. The van der Waals surface area contributed by atoms with Crippen molar-refractivity contribution in [3.8, 4) is 11.5 Å². The number of rotatable bonds is 5. The largest absolute Gasteiger partial charge is 0.490 e. The molecule has 0 saturated carbocycles. The maximum atomic E-state index is 9.34. The van der Waals surface area contributed by atoms with Gasteiger partial charge in [0, 0.05) is 0 Å². The van der Waals surface area contributed by atoms with Crippen LogP contribution in [0.4, 0.5) is 0 Å². The van der Waals surface area contributed by atoms with Gasteiger partial charge in [-0.2, -0.15) is 0 Å². The van der Waals surface area contributed by atoms with E-state index >= 15 is 0 Å². The minimum Gasteiger partial charge on any atom is -0.490 e. The number of hydrogen-bond donors (Lipinski definition) is 1. The van der Waals surface area contributed by atoms with Crippen molar-refractivity contribution >= 4 is 0 Å². The van der Waals surface area contributed by atoms with Gasteiger partial charge in [-0.05, 0) is 32.9 Å². The molecule has 1 aromatic rings. The molecule has 0 aliphatic heterocycles. The molecule has 0 radical (unpaired) electrons. The van der Waals surface area contributed by atoms with Gasteiger partial charge in [0.25, 0.3) is 0 Å². The zero-order chi connectivity index (χ0) is 11.3. The van der Waals surface area contributed by atoms with Crippen molar-refractivity contribution in [1.82, 2.24) is 0 Å². The normalized spacial score (nSPS) is 14.4. The lowest BCUT2D eigenvalue weighted by molar-refractivity contribution is 0.0582. The third-order valence-electron chi connectivity index (χ3n) is 2.14. The molecule has 0 fully saturated rings. The second kappa shape index (κ2) is 5.61. The van der Waals surface area contributed by atoms with Crippen LogP contribution in [0.1, 0.15) is 20.8 Å². The molecule has 0 saturated heterocycles. The summed E-state index contributed by atoms with van der Waals surface area (Å²) in [6.07, 6.45) is -0.744. The zero-order valence-electron chi connectivity index (χ0n) is 9.43.